The molecule has 0 saturated carbocycles. The van der Waals surface area contributed by atoms with Gasteiger partial charge in [0.15, 0.2) is 10.8 Å². The summed E-state index contributed by atoms with van der Waals surface area (Å²) < 4.78 is 0.783. The van der Waals surface area contributed by atoms with Gasteiger partial charge in [-0.3, -0.25) is 14.9 Å². The molecule has 6 heteroatoms. The molecular formula is C9H6N2O3S. The van der Waals surface area contributed by atoms with Crippen LogP contribution < -0.4 is 0 Å². The number of rotatable bonds is 2. The maximum absolute atomic E-state index is 11.0. The molecule has 0 aliphatic heterocycles. The van der Waals surface area contributed by atoms with Crippen molar-refractivity contribution in [3.63, 3.8) is 0 Å². The summed E-state index contributed by atoms with van der Waals surface area (Å²) in [4.78, 5) is 25.1. The smallest absolute Gasteiger partial charge is 0.271 e. The van der Waals surface area contributed by atoms with Crippen LogP contribution in [0.2, 0.25) is 0 Å². The first-order valence-electron chi connectivity index (χ1n) is 4.14. The van der Waals surface area contributed by atoms with Crippen molar-refractivity contribution in [2.75, 3.05) is 0 Å². The van der Waals surface area contributed by atoms with Gasteiger partial charge in [0.25, 0.3) is 5.69 Å². The van der Waals surface area contributed by atoms with Gasteiger partial charge >= 0.3 is 0 Å². The van der Waals surface area contributed by atoms with Crippen molar-refractivity contribution >= 4 is 33.0 Å². The largest absolute Gasteiger partial charge is 0.292 e. The number of nitro benzene ring substituents is 1. The molecule has 0 fully saturated rings. The average Bonchev–Trinajstić information content (AvgIpc) is 2.59. The van der Waals surface area contributed by atoms with Gasteiger partial charge in [0.2, 0.25) is 0 Å². The molecule has 0 spiro atoms. The second kappa shape index (κ2) is 3.39. The average molecular weight is 222 g/mol. The van der Waals surface area contributed by atoms with Crippen LogP contribution in [0.15, 0.2) is 18.2 Å². The van der Waals surface area contributed by atoms with Gasteiger partial charge in [0, 0.05) is 19.1 Å². The third-order valence-corrected chi connectivity index (χ3v) is 3.02. The minimum Gasteiger partial charge on any atom is -0.292 e. The maximum atomic E-state index is 11.0. The molecule has 15 heavy (non-hydrogen) atoms. The Bertz CT molecular complexity index is 549. The van der Waals surface area contributed by atoms with E-state index in [0.717, 1.165) is 4.70 Å². The second-order valence-electron chi connectivity index (χ2n) is 2.98. The van der Waals surface area contributed by atoms with E-state index in [2.05, 4.69) is 4.98 Å². The summed E-state index contributed by atoms with van der Waals surface area (Å²) in [5.74, 6) is -0.126. The summed E-state index contributed by atoms with van der Waals surface area (Å²) in [6.45, 7) is 1.42. The van der Waals surface area contributed by atoms with Crippen LogP contribution in [0.3, 0.4) is 0 Å². The highest BCUT2D eigenvalue weighted by Gasteiger charge is 2.11. The zero-order chi connectivity index (χ0) is 11.0. The molecule has 2 aromatic rings. The standard InChI is InChI=1S/C9H6N2O3S/c1-5(12)9-10-7-4-6(11(13)14)2-3-8(7)15-9/h2-4H,1H3. The number of carbonyl (C=O) groups is 1. The summed E-state index contributed by atoms with van der Waals surface area (Å²) in [7, 11) is 0. The fourth-order valence-electron chi connectivity index (χ4n) is 1.18. The van der Waals surface area contributed by atoms with E-state index in [9.17, 15) is 14.9 Å². The number of aromatic nitrogens is 1. The van der Waals surface area contributed by atoms with Crippen molar-refractivity contribution in [1.29, 1.82) is 0 Å². The predicted molar refractivity (Wildman–Crippen MR) is 56.3 cm³/mol. The minimum atomic E-state index is -0.480. The number of hydrogen-bond acceptors (Lipinski definition) is 5. The van der Waals surface area contributed by atoms with Crippen molar-refractivity contribution < 1.29 is 9.72 Å². The molecule has 0 radical (unpaired) electrons. The van der Waals surface area contributed by atoms with E-state index in [1.165, 1.54) is 30.4 Å². The molecule has 2 rings (SSSR count). The molecule has 1 aromatic heterocycles. The van der Waals surface area contributed by atoms with E-state index in [1.54, 1.807) is 6.07 Å². The quantitative estimate of drug-likeness (QED) is 0.444. The summed E-state index contributed by atoms with van der Waals surface area (Å²) in [6, 6.07) is 4.39. The fourth-order valence-corrected chi connectivity index (χ4v) is 2.02. The van der Waals surface area contributed by atoms with Crippen LogP contribution >= 0.6 is 11.3 Å². The predicted octanol–water partition coefficient (Wildman–Crippen LogP) is 2.41. The number of carbonyl (C=O) groups excluding carboxylic acids is 1. The Balaban J connectivity index is 2.62. The molecular weight excluding hydrogens is 216 g/mol. The number of nitro groups is 1. The van der Waals surface area contributed by atoms with Gasteiger partial charge in [-0.1, -0.05) is 0 Å². The van der Waals surface area contributed by atoms with Crippen LogP contribution in [0.1, 0.15) is 16.7 Å². The van der Waals surface area contributed by atoms with E-state index in [1.807, 2.05) is 0 Å². The number of fused-ring (bicyclic) bond motifs is 1. The number of hydrogen-bond donors (Lipinski definition) is 0. The molecule has 0 aliphatic carbocycles. The van der Waals surface area contributed by atoms with Gasteiger partial charge in [-0.25, -0.2) is 4.98 Å². The molecule has 76 valence electrons. The third kappa shape index (κ3) is 1.71. The van der Waals surface area contributed by atoms with Gasteiger partial charge in [0.1, 0.15) is 0 Å². The second-order valence-corrected chi connectivity index (χ2v) is 4.01. The molecule has 0 aliphatic rings. The lowest BCUT2D eigenvalue weighted by Crippen LogP contribution is -1.89. The van der Waals surface area contributed by atoms with Gasteiger partial charge in [-0.05, 0) is 6.07 Å². The van der Waals surface area contributed by atoms with Crippen LogP contribution in [0, 0.1) is 10.1 Å². The zero-order valence-corrected chi connectivity index (χ0v) is 8.58. The van der Waals surface area contributed by atoms with Crippen molar-refractivity contribution in [3.05, 3.63) is 33.3 Å². The van der Waals surface area contributed by atoms with Crippen LogP contribution in [0.4, 0.5) is 5.69 Å². The zero-order valence-electron chi connectivity index (χ0n) is 7.76. The van der Waals surface area contributed by atoms with Crippen molar-refractivity contribution in [1.82, 2.24) is 4.98 Å². The van der Waals surface area contributed by atoms with Crippen LogP contribution in [-0.2, 0) is 0 Å². The van der Waals surface area contributed by atoms with Crippen molar-refractivity contribution in [2.45, 2.75) is 6.92 Å². The van der Waals surface area contributed by atoms with Gasteiger partial charge < -0.3 is 0 Å². The summed E-state index contributed by atoms with van der Waals surface area (Å²) in [5, 5.41) is 10.9. The molecule has 0 saturated heterocycles. The van der Waals surface area contributed by atoms with Gasteiger partial charge in [-0.2, -0.15) is 0 Å². The molecule has 0 atom stereocenters. The Labute approximate surface area is 88.5 Å². The van der Waals surface area contributed by atoms with E-state index in [4.69, 9.17) is 0 Å². The van der Waals surface area contributed by atoms with E-state index < -0.39 is 4.92 Å². The van der Waals surface area contributed by atoms with Gasteiger partial charge in [-0.15, -0.1) is 11.3 Å². The fraction of sp³-hybridized carbons (Fsp3) is 0.111. The topological polar surface area (TPSA) is 73.1 Å². The first-order valence-corrected chi connectivity index (χ1v) is 4.95. The number of ketones is 1. The molecule has 5 nitrogen and oxygen atoms in total. The first kappa shape index (κ1) is 9.72. The summed E-state index contributed by atoms with van der Waals surface area (Å²) in [6.07, 6.45) is 0. The van der Waals surface area contributed by atoms with E-state index in [-0.39, 0.29) is 11.5 Å². The first-order chi connectivity index (χ1) is 7.08. The van der Waals surface area contributed by atoms with Gasteiger partial charge in [0.05, 0.1) is 15.1 Å². The number of benzene rings is 1. The van der Waals surface area contributed by atoms with Crippen LogP contribution in [0.5, 0.6) is 0 Å². The van der Waals surface area contributed by atoms with Crippen LogP contribution in [0.25, 0.3) is 10.2 Å². The number of Topliss-reactive ketones (excluding diaryl/α,β-unsaturated/α-hetero) is 1. The number of non-ortho nitro benzene ring substituents is 1. The van der Waals surface area contributed by atoms with Crippen molar-refractivity contribution in [2.24, 2.45) is 0 Å². The Morgan fingerprint density at radius 2 is 2.27 bits per heavy atom. The lowest BCUT2D eigenvalue weighted by molar-refractivity contribution is -0.384. The molecule has 1 heterocycles. The lowest BCUT2D eigenvalue weighted by atomic mass is 10.3. The molecule has 0 bridgehead atoms. The SMILES string of the molecule is CC(=O)c1nc2cc([N+](=O)[O-])ccc2s1. The highest BCUT2D eigenvalue weighted by molar-refractivity contribution is 7.20. The lowest BCUT2D eigenvalue weighted by Gasteiger charge is -1.89. The Morgan fingerprint density at radius 1 is 1.53 bits per heavy atom. The highest BCUT2D eigenvalue weighted by Crippen LogP contribution is 2.25. The summed E-state index contributed by atoms with van der Waals surface area (Å²) >= 11 is 1.24. The van der Waals surface area contributed by atoms with Crippen molar-refractivity contribution in [3.8, 4) is 0 Å². The minimum absolute atomic E-state index is 0.0112. The van der Waals surface area contributed by atoms with E-state index >= 15 is 0 Å². The maximum Gasteiger partial charge on any atom is 0.271 e. The molecule has 0 amide bonds. The Kier molecular flexibility index (Phi) is 2.20. The third-order valence-electron chi connectivity index (χ3n) is 1.88. The summed E-state index contributed by atoms with van der Waals surface area (Å²) in [5.41, 5.74) is 0.488. The molecule has 0 unspecified atom stereocenters. The monoisotopic (exact) mass is 222 g/mol. The van der Waals surface area contributed by atoms with E-state index in [0.29, 0.717) is 10.5 Å². The highest BCUT2D eigenvalue weighted by atomic mass is 32.1. The Morgan fingerprint density at radius 3 is 2.87 bits per heavy atom. The molecule has 0 N–H and O–H groups in total. The molecule has 1 aromatic carbocycles. The Hall–Kier alpha value is -1.82. The number of nitrogens with zero attached hydrogens (tertiary/aromatic N) is 2. The van der Waals surface area contributed by atoms with Crippen LogP contribution in [-0.4, -0.2) is 15.7 Å². The number of thiazole rings is 1. The normalized spacial score (nSPS) is 10.5.